The Kier molecular flexibility index (Phi) is 4.83. The summed E-state index contributed by atoms with van der Waals surface area (Å²) in [7, 11) is 0. The van der Waals surface area contributed by atoms with Gasteiger partial charge in [0, 0.05) is 18.8 Å². The first-order valence-corrected chi connectivity index (χ1v) is 7.58. The van der Waals surface area contributed by atoms with Crippen molar-refractivity contribution in [3.05, 3.63) is 54.0 Å². The smallest absolute Gasteiger partial charge is 0.253 e. The molecule has 0 radical (unpaired) electrons. The predicted octanol–water partition coefficient (Wildman–Crippen LogP) is 2.95. The summed E-state index contributed by atoms with van der Waals surface area (Å²) < 4.78 is 18.4. The Hall–Kier alpha value is -2.47. The van der Waals surface area contributed by atoms with Crippen LogP contribution in [0.2, 0.25) is 0 Å². The molecule has 1 aromatic carbocycles. The summed E-state index contributed by atoms with van der Waals surface area (Å²) >= 11 is 0. The number of nitrogens with zero attached hydrogens (tertiary/aromatic N) is 1. The van der Waals surface area contributed by atoms with Crippen molar-refractivity contribution in [2.75, 3.05) is 17.2 Å². The van der Waals surface area contributed by atoms with Crippen molar-refractivity contribution < 1.29 is 13.9 Å². The molecule has 23 heavy (non-hydrogen) atoms. The summed E-state index contributed by atoms with van der Waals surface area (Å²) in [4.78, 5) is 15.8. The summed E-state index contributed by atoms with van der Waals surface area (Å²) in [5.74, 6) is -0.161. The van der Waals surface area contributed by atoms with Gasteiger partial charge >= 0.3 is 0 Å². The molecule has 1 aromatic heterocycles. The molecule has 1 aliphatic heterocycles. The molecule has 2 aromatic rings. The van der Waals surface area contributed by atoms with Crippen molar-refractivity contribution in [1.82, 2.24) is 4.98 Å². The van der Waals surface area contributed by atoms with Gasteiger partial charge in [0.05, 0.1) is 0 Å². The minimum absolute atomic E-state index is 0.112. The SMILES string of the molecule is O=C(Nc1cccc(CNc2cccc(F)n2)c1)[C@H]1CCCO1. The van der Waals surface area contributed by atoms with Gasteiger partial charge < -0.3 is 15.4 Å². The summed E-state index contributed by atoms with van der Waals surface area (Å²) in [5.41, 5.74) is 1.68. The lowest BCUT2D eigenvalue weighted by atomic mass is 10.2. The van der Waals surface area contributed by atoms with Crippen molar-refractivity contribution in [3.63, 3.8) is 0 Å². The van der Waals surface area contributed by atoms with Crippen LogP contribution in [-0.2, 0) is 16.1 Å². The van der Waals surface area contributed by atoms with E-state index in [0.717, 1.165) is 24.1 Å². The molecule has 1 saturated heterocycles. The molecule has 1 atom stereocenters. The molecule has 2 N–H and O–H groups in total. The van der Waals surface area contributed by atoms with Crippen LogP contribution in [0.5, 0.6) is 0 Å². The molecule has 6 heteroatoms. The fourth-order valence-corrected chi connectivity index (χ4v) is 2.47. The molecule has 1 aliphatic rings. The van der Waals surface area contributed by atoms with Crippen molar-refractivity contribution in [3.8, 4) is 0 Å². The monoisotopic (exact) mass is 315 g/mol. The van der Waals surface area contributed by atoms with Crippen molar-refractivity contribution in [2.24, 2.45) is 0 Å². The van der Waals surface area contributed by atoms with Crippen LogP contribution in [-0.4, -0.2) is 23.6 Å². The van der Waals surface area contributed by atoms with E-state index in [1.807, 2.05) is 24.3 Å². The lowest BCUT2D eigenvalue weighted by molar-refractivity contribution is -0.124. The lowest BCUT2D eigenvalue weighted by Gasteiger charge is -2.12. The number of nitrogens with one attached hydrogen (secondary N) is 2. The fraction of sp³-hybridized carbons (Fsp3) is 0.294. The quantitative estimate of drug-likeness (QED) is 0.833. The Morgan fingerprint density at radius 3 is 2.96 bits per heavy atom. The van der Waals surface area contributed by atoms with E-state index in [1.54, 1.807) is 12.1 Å². The van der Waals surface area contributed by atoms with Crippen LogP contribution in [0.3, 0.4) is 0 Å². The molecule has 2 heterocycles. The van der Waals surface area contributed by atoms with Gasteiger partial charge in [-0.05, 0) is 42.7 Å². The van der Waals surface area contributed by atoms with Crippen LogP contribution < -0.4 is 10.6 Å². The number of halogens is 1. The second kappa shape index (κ2) is 7.19. The maximum absolute atomic E-state index is 13.0. The number of hydrogen-bond acceptors (Lipinski definition) is 4. The fourth-order valence-electron chi connectivity index (χ4n) is 2.47. The molecule has 0 saturated carbocycles. The van der Waals surface area contributed by atoms with Gasteiger partial charge in [0.15, 0.2) is 0 Å². The molecule has 3 rings (SSSR count). The minimum Gasteiger partial charge on any atom is -0.368 e. The normalized spacial score (nSPS) is 17.0. The highest BCUT2D eigenvalue weighted by Gasteiger charge is 2.23. The Balaban J connectivity index is 1.59. The van der Waals surface area contributed by atoms with E-state index in [0.29, 0.717) is 19.0 Å². The van der Waals surface area contributed by atoms with Gasteiger partial charge in [-0.25, -0.2) is 4.98 Å². The Labute approximate surface area is 133 Å². The van der Waals surface area contributed by atoms with Gasteiger partial charge in [-0.3, -0.25) is 4.79 Å². The third-order valence-corrected chi connectivity index (χ3v) is 3.61. The summed E-state index contributed by atoms with van der Waals surface area (Å²) in [6, 6.07) is 12.1. The van der Waals surface area contributed by atoms with Crippen molar-refractivity contribution in [1.29, 1.82) is 0 Å². The topological polar surface area (TPSA) is 63.2 Å². The highest BCUT2D eigenvalue weighted by Crippen LogP contribution is 2.17. The maximum Gasteiger partial charge on any atom is 0.253 e. The number of rotatable bonds is 5. The first-order valence-electron chi connectivity index (χ1n) is 7.58. The molecule has 1 amide bonds. The van der Waals surface area contributed by atoms with Crippen LogP contribution in [0, 0.1) is 5.95 Å². The van der Waals surface area contributed by atoms with Gasteiger partial charge in [-0.1, -0.05) is 18.2 Å². The number of anilines is 2. The second-order valence-corrected chi connectivity index (χ2v) is 5.39. The number of pyridine rings is 1. The van der Waals surface area contributed by atoms with Crippen LogP contribution in [0.15, 0.2) is 42.5 Å². The Morgan fingerprint density at radius 1 is 1.30 bits per heavy atom. The first-order chi connectivity index (χ1) is 11.2. The van der Waals surface area contributed by atoms with E-state index in [1.165, 1.54) is 6.07 Å². The standard InChI is InChI=1S/C17H18FN3O2/c18-15-7-2-8-16(21-15)19-11-12-4-1-5-13(10-12)20-17(22)14-6-3-9-23-14/h1-2,4-5,7-8,10,14H,3,6,9,11H2,(H,19,21)(H,20,22)/t14-/m1/s1. The minimum atomic E-state index is -0.521. The molecule has 0 aliphatic carbocycles. The number of aromatic nitrogens is 1. The zero-order chi connectivity index (χ0) is 16.1. The van der Waals surface area contributed by atoms with Crippen LogP contribution in [0.4, 0.5) is 15.9 Å². The molecule has 0 spiro atoms. The molecular formula is C17H18FN3O2. The highest BCUT2D eigenvalue weighted by atomic mass is 19.1. The van der Waals surface area contributed by atoms with Gasteiger partial charge in [0.25, 0.3) is 5.91 Å². The average Bonchev–Trinajstić information content (AvgIpc) is 3.08. The van der Waals surface area contributed by atoms with E-state index < -0.39 is 5.95 Å². The highest BCUT2D eigenvalue weighted by molar-refractivity contribution is 5.94. The Bertz CT molecular complexity index is 687. The molecule has 0 bridgehead atoms. The maximum atomic E-state index is 13.0. The van der Waals surface area contributed by atoms with Gasteiger partial charge in [-0.15, -0.1) is 0 Å². The van der Waals surface area contributed by atoms with Gasteiger partial charge in [0.2, 0.25) is 5.95 Å². The molecule has 120 valence electrons. The van der Waals surface area contributed by atoms with Gasteiger partial charge in [-0.2, -0.15) is 4.39 Å². The predicted molar refractivity (Wildman–Crippen MR) is 85.6 cm³/mol. The van der Waals surface area contributed by atoms with Crippen molar-refractivity contribution in [2.45, 2.75) is 25.5 Å². The third kappa shape index (κ3) is 4.26. The number of benzene rings is 1. The molecule has 5 nitrogen and oxygen atoms in total. The molecule has 0 unspecified atom stereocenters. The van der Waals surface area contributed by atoms with Crippen LogP contribution >= 0.6 is 0 Å². The van der Waals surface area contributed by atoms with Crippen molar-refractivity contribution >= 4 is 17.4 Å². The van der Waals surface area contributed by atoms with E-state index in [4.69, 9.17) is 4.74 Å². The largest absolute Gasteiger partial charge is 0.368 e. The third-order valence-electron chi connectivity index (χ3n) is 3.61. The number of hydrogen-bond donors (Lipinski definition) is 2. The number of carbonyl (C=O) groups is 1. The first kappa shape index (κ1) is 15.4. The van der Waals surface area contributed by atoms with Gasteiger partial charge in [0.1, 0.15) is 11.9 Å². The lowest BCUT2D eigenvalue weighted by Crippen LogP contribution is -2.26. The van der Waals surface area contributed by atoms with Crippen LogP contribution in [0.25, 0.3) is 0 Å². The number of ether oxygens (including phenoxy) is 1. The number of amides is 1. The summed E-state index contributed by atoms with van der Waals surface area (Å²) in [6.45, 7) is 1.13. The summed E-state index contributed by atoms with van der Waals surface area (Å²) in [5, 5.41) is 5.91. The van der Waals surface area contributed by atoms with E-state index >= 15 is 0 Å². The Morgan fingerprint density at radius 2 is 2.17 bits per heavy atom. The van der Waals surface area contributed by atoms with E-state index in [-0.39, 0.29) is 12.0 Å². The second-order valence-electron chi connectivity index (χ2n) is 5.39. The average molecular weight is 315 g/mol. The summed E-state index contributed by atoms with van der Waals surface area (Å²) in [6.07, 6.45) is 1.33. The van der Waals surface area contributed by atoms with E-state index in [9.17, 15) is 9.18 Å². The molecular weight excluding hydrogens is 297 g/mol. The molecule has 1 fully saturated rings. The zero-order valence-electron chi connectivity index (χ0n) is 12.6. The van der Waals surface area contributed by atoms with Crippen LogP contribution in [0.1, 0.15) is 18.4 Å². The number of carbonyl (C=O) groups excluding carboxylic acids is 1. The zero-order valence-corrected chi connectivity index (χ0v) is 12.6. The van der Waals surface area contributed by atoms with E-state index in [2.05, 4.69) is 15.6 Å².